The van der Waals surface area contributed by atoms with E-state index in [0.29, 0.717) is 48.7 Å². The Morgan fingerprint density at radius 1 is 1.16 bits per heavy atom. The fourth-order valence-electron chi connectivity index (χ4n) is 4.82. The fraction of sp³-hybridized carbons (Fsp3) is 0.542. The molecule has 1 saturated heterocycles. The Labute approximate surface area is 188 Å². The highest BCUT2D eigenvalue weighted by atomic mass is 16.2. The minimum atomic E-state index is -0.221. The number of carbonyl (C=O) groups excluding carboxylic acids is 2. The number of piperidine rings is 1. The molecule has 2 aromatic heterocycles. The highest BCUT2D eigenvalue weighted by Crippen LogP contribution is 2.31. The van der Waals surface area contributed by atoms with Crippen LogP contribution in [0.3, 0.4) is 0 Å². The Kier molecular flexibility index (Phi) is 6.67. The molecule has 0 spiro atoms. The van der Waals surface area contributed by atoms with Crippen LogP contribution < -0.4 is 5.56 Å². The second-order valence-corrected chi connectivity index (χ2v) is 8.65. The number of aromatic nitrogens is 3. The Bertz CT molecular complexity index is 1030. The number of likely N-dealkylation sites (tertiary alicyclic amines) is 1. The number of fused-ring (bicyclic) bond motifs is 1. The fourth-order valence-corrected chi connectivity index (χ4v) is 4.82. The number of hydrogen-bond acceptors (Lipinski definition) is 5. The van der Waals surface area contributed by atoms with E-state index < -0.39 is 0 Å². The van der Waals surface area contributed by atoms with Crippen LogP contribution in [0.4, 0.5) is 0 Å². The molecular formula is C24H31N5O3. The van der Waals surface area contributed by atoms with Crippen LogP contribution in [0.15, 0.2) is 29.3 Å². The predicted octanol–water partition coefficient (Wildman–Crippen LogP) is 2.85. The molecule has 1 N–H and O–H groups in total. The zero-order valence-electron chi connectivity index (χ0n) is 18.8. The Morgan fingerprint density at radius 2 is 1.91 bits per heavy atom. The maximum atomic E-state index is 13.2. The summed E-state index contributed by atoms with van der Waals surface area (Å²) in [5.41, 5.74) is 1.70. The topological polar surface area (TPSA) is 99.3 Å². The van der Waals surface area contributed by atoms with Gasteiger partial charge in [0.2, 0.25) is 5.91 Å². The van der Waals surface area contributed by atoms with Gasteiger partial charge >= 0.3 is 0 Å². The summed E-state index contributed by atoms with van der Waals surface area (Å²) < 4.78 is 0. The maximum Gasteiger partial charge on any atom is 0.254 e. The Hall–Kier alpha value is -3.03. The number of H-pyrrole nitrogens is 1. The predicted molar refractivity (Wildman–Crippen MR) is 120 cm³/mol. The SMILES string of the molecule is CCC(CC)C(=O)N1CCCCC1c1nc2c(c(=O)[nH]1)CCN(C(=O)c1ccncc1)C2. The van der Waals surface area contributed by atoms with Crippen molar-refractivity contribution < 1.29 is 9.59 Å². The average Bonchev–Trinajstić information content (AvgIpc) is 2.84. The summed E-state index contributed by atoms with van der Waals surface area (Å²) in [4.78, 5) is 54.3. The lowest BCUT2D eigenvalue weighted by atomic mass is 9.95. The first kappa shape index (κ1) is 22.2. The first-order chi connectivity index (χ1) is 15.5. The monoisotopic (exact) mass is 437 g/mol. The van der Waals surface area contributed by atoms with Gasteiger partial charge in [0.15, 0.2) is 0 Å². The molecule has 1 atom stereocenters. The zero-order valence-corrected chi connectivity index (χ0v) is 18.8. The van der Waals surface area contributed by atoms with Crippen molar-refractivity contribution in [3.8, 4) is 0 Å². The van der Waals surface area contributed by atoms with Crippen molar-refractivity contribution in [2.24, 2.45) is 5.92 Å². The maximum absolute atomic E-state index is 13.2. The van der Waals surface area contributed by atoms with E-state index in [-0.39, 0.29) is 29.3 Å². The number of rotatable bonds is 5. The highest BCUT2D eigenvalue weighted by molar-refractivity contribution is 5.94. The third-order valence-electron chi connectivity index (χ3n) is 6.74. The van der Waals surface area contributed by atoms with Crippen LogP contribution in [0.2, 0.25) is 0 Å². The molecule has 0 aromatic carbocycles. The molecule has 2 aliphatic rings. The Morgan fingerprint density at radius 3 is 2.62 bits per heavy atom. The summed E-state index contributed by atoms with van der Waals surface area (Å²) in [6.45, 7) is 5.53. The van der Waals surface area contributed by atoms with Crippen LogP contribution in [0.25, 0.3) is 0 Å². The van der Waals surface area contributed by atoms with Gasteiger partial charge in [0, 0.05) is 42.5 Å². The number of carbonyl (C=O) groups is 2. The molecule has 0 saturated carbocycles. The minimum Gasteiger partial charge on any atom is -0.332 e. The third-order valence-corrected chi connectivity index (χ3v) is 6.74. The highest BCUT2D eigenvalue weighted by Gasteiger charge is 2.34. The van der Waals surface area contributed by atoms with Gasteiger partial charge in [0.25, 0.3) is 11.5 Å². The van der Waals surface area contributed by atoms with Crippen molar-refractivity contribution in [3.63, 3.8) is 0 Å². The van der Waals surface area contributed by atoms with Gasteiger partial charge in [-0.3, -0.25) is 19.4 Å². The van der Waals surface area contributed by atoms with Crippen molar-refractivity contribution >= 4 is 11.8 Å². The van der Waals surface area contributed by atoms with Crippen molar-refractivity contribution in [2.45, 2.75) is 65.0 Å². The Balaban J connectivity index is 1.62. The lowest BCUT2D eigenvalue weighted by Crippen LogP contribution is -2.44. The molecule has 1 fully saturated rings. The van der Waals surface area contributed by atoms with E-state index in [1.54, 1.807) is 29.4 Å². The van der Waals surface area contributed by atoms with Crippen LogP contribution in [-0.4, -0.2) is 49.7 Å². The van der Waals surface area contributed by atoms with Crippen LogP contribution in [0.1, 0.15) is 79.4 Å². The van der Waals surface area contributed by atoms with E-state index in [2.05, 4.69) is 9.97 Å². The molecule has 0 aliphatic carbocycles. The standard InChI is InChI=1S/C24H31N5O3/c1-3-16(4-2)24(32)29-13-6-5-7-20(29)21-26-19-15-28(14-10-18(19)22(30)27-21)23(31)17-8-11-25-12-9-17/h8-9,11-12,16,20H,3-7,10,13-15H2,1-2H3,(H,26,27,30). The second kappa shape index (κ2) is 9.63. The molecule has 0 bridgehead atoms. The van der Waals surface area contributed by atoms with Gasteiger partial charge in [-0.05, 0) is 50.7 Å². The molecule has 8 heteroatoms. The smallest absolute Gasteiger partial charge is 0.254 e. The van der Waals surface area contributed by atoms with Crippen LogP contribution in [0, 0.1) is 5.92 Å². The number of pyridine rings is 1. The molecule has 4 heterocycles. The number of hydrogen-bond donors (Lipinski definition) is 1. The van der Waals surface area contributed by atoms with Gasteiger partial charge in [-0.15, -0.1) is 0 Å². The summed E-state index contributed by atoms with van der Waals surface area (Å²) in [5.74, 6) is 0.596. The molecule has 32 heavy (non-hydrogen) atoms. The number of nitrogens with zero attached hydrogens (tertiary/aromatic N) is 4. The van der Waals surface area contributed by atoms with Gasteiger partial charge < -0.3 is 14.8 Å². The van der Waals surface area contributed by atoms with Crippen molar-refractivity contribution in [1.82, 2.24) is 24.8 Å². The van der Waals surface area contributed by atoms with Crippen LogP contribution in [-0.2, 0) is 17.8 Å². The molecule has 2 aromatic rings. The minimum absolute atomic E-state index is 0.00609. The molecule has 170 valence electrons. The molecule has 0 radical (unpaired) electrons. The third kappa shape index (κ3) is 4.31. The van der Waals surface area contributed by atoms with Crippen molar-refractivity contribution in [1.29, 1.82) is 0 Å². The summed E-state index contributed by atoms with van der Waals surface area (Å²) in [7, 11) is 0. The summed E-state index contributed by atoms with van der Waals surface area (Å²) >= 11 is 0. The van der Waals surface area contributed by atoms with E-state index in [4.69, 9.17) is 4.98 Å². The first-order valence-corrected chi connectivity index (χ1v) is 11.6. The van der Waals surface area contributed by atoms with Crippen molar-refractivity contribution in [2.75, 3.05) is 13.1 Å². The van der Waals surface area contributed by atoms with Gasteiger partial charge in [-0.1, -0.05) is 13.8 Å². The lowest BCUT2D eigenvalue weighted by molar-refractivity contribution is -0.140. The second-order valence-electron chi connectivity index (χ2n) is 8.65. The first-order valence-electron chi connectivity index (χ1n) is 11.6. The summed E-state index contributed by atoms with van der Waals surface area (Å²) in [5, 5.41) is 0. The van der Waals surface area contributed by atoms with Gasteiger partial charge in [0.05, 0.1) is 18.3 Å². The van der Waals surface area contributed by atoms with E-state index in [1.807, 2.05) is 18.7 Å². The summed E-state index contributed by atoms with van der Waals surface area (Å²) in [6.07, 6.45) is 8.01. The molecule has 2 amide bonds. The van der Waals surface area contributed by atoms with Crippen molar-refractivity contribution in [3.05, 3.63) is 57.5 Å². The molecule has 1 unspecified atom stereocenters. The van der Waals surface area contributed by atoms with E-state index >= 15 is 0 Å². The van der Waals surface area contributed by atoms with Gasteiger partial charge in [0.1, 0.15) is 5.82 Å². The zero-order chi connectivity index (χ0) is 22.7. The number of amides is 2. The normalized spacial score (nSPS) is 18.5. The molecule has 2 aliphatic heterocycles. The van der Waals surface area contributed by atoms with Crippen LogP contribution >= 0.6 is 0 Å². The number of nitrogens with one attached hydrogen (secondary N) is 1. The average molecular weight is 438 g/mol. The van der Waals surface area contributed by atoms with Gasteiger partial charge in [-0.2, -0.15) is 0 Å². The van der Waals surface area contributed by atoms with Gasteiger partial charge in [-0.25, -0.2) is 4.98 Å². The van der Waals surface area contributed by atoms with Crippen LogP contribution in [0.5, 0.6) is 0 Å². The van der Waals surface area contributed by atoms with E-state index in [1.165, 1.54) is 0 Å². The van der Waals surface area contributed by atoms with E-state index in [9.17, 15) is 14.4 Å². The molecule has 4 rings (SSSR count). The largest absolute Gasteiger partial charge is 0.332 e. The number of aromatic amines is 1. The molecular weight excluding hydrogens is 406 g/mol. The summed E-state index contributed by atoms with van der Waals surface area (Å²) in [6, 6.07) is 3.16. The quantitative estimate of drug-likeness (QED) is 0.775. The van der Waals surface area contributed by atoms with E-state index in [0.717, 1.165) is 32.1 Å². The molecule has 8 nitrogen and oxygen atoms in total. The lowest BCUT2D eigenvalue weighted by Gasteiger charge is -2.37.